The minimum atomic E-state index is 0.0443. The Hall–Kier alpha value is -1.55. The van der Waals surface area contributed by atoms with E-state index in [9.17, 15) is 4.79 Å². The zero-order valence-electron chi connectivity index (χ0n) is 12.4. The van der Waals surface area contributed by atoms with E-state index in [0.29, 0.717) is 6.54 Å². The number of benzene rings is 1. The van der Waals surface area contributed by atoms with Crippen LogP contribution in [0.3, 0.4) is 0 Å². The average Bonchev–Trinajstić information content (AvgIpc) is 2.46. The van der Waals surface area contributed by atoms with E-state index < -0.39 is 0 Å². The van der Waals surface area contributed by atoms with Gasteiger partial charge in [0.15, 0.2) is 6.61 Å². The first-order valence-electron chi connectivity index (χ1n) is 7.32. The van der Waals surface area contributed by atoms with Crippen molar-refractivity contribution < 1.29 is 9.53 Å². The Balaban J connectivity index is 1.98. The predicted octanol–water partition coefficient (Wildman–Crippen LogP) is 2.02. The summed E-state index contributed by atoms with van der Waals surface area (Å²) in [6.45, 7) is 5.43. The van der Waals surface area contributed by atoms with Gasteiger partial charge in [0.05, 0.1) is 0 Å². The van der Waals surface area contributed by atoms with Crippen LogP contribution < -0.4 is 10.5 Å². The Morgan fingerprint density at radius 2 is 2.05 bits per heavy atom. The van der Waals surface area contributed by atoms with Crippen molar-refractivity contribution in [2.75, 3.05) is 19.7 Å². The molecule has 4 heteroatoms. The van der Waals surface area contributed by atoms with E-state index in [0.717, 1.165) is 42.7 Å². The summed E-state index contributed by atoms with van der Waals surface area (Å²) in [5.41, 5.74) is 7.88. The number of likely N-dealkylation sites (tertiary alicyclic amines) is 1. The molecule has 110 valence electrons. The average molecular weight is 276 g/mol. The molecular formula is C16H24N2O2. The predicted molar refractivity (Wildman–Crippen MR) is 79.8 cm³/mol. The van der Waals surface area contributed by atoms with Crippen molar-refractivity contribution in [2.45, 2.75) is 39.2 Å². The topological polar surface area (TPSA) is 55.6 Å². The molecule has 0 bridgehead atoms. The summed E-state index contributed by atoms with van der Waals surface area (Å²) in [4.78, 5) is 14.2. The summed E-state index contributed by atoms with van der Waals surface area (Å²) >= 11 is 0. The zero-order valence-corrected chi connectivity index (χ0v) is 12.4. The number of carbonyl (C=O) groups excluding carboxylic acids is 1. The van der Waals surface area contributed by atoms with Gasteiger partial charge in [-0.05, 0) is 44.2 Å². The molecule has 0 saturated carbocycles. The maximum atomic E-state index is 12.3. The van der Waals surface area contributed by atoms with E-state index in [1.54, 1.807) is 0 Å². The van der Waals surface area contributed by atoms with Crippen LogP contribution in [0.4, 0.5) is 0 Å². The van der Waals surface area contributed by atoms with Gasteiger partial charge in [-0.25, -0.2) is 0 Å². The van der Waals surface area contributed by atoms with Gasteiger partial charge in [-0.15, -0.1) is 0 Å². The van der Waals surface area contributed by atoms with Gasteiger partial charge in [0, 0.05) is 19.1 Å². The van der Waals surface area contributed by atoms with Gasteiger partial charge in [-0.1, -0.05) is 18.2 Å². The molecule has 20 heavy (non-hydrogen) atoms. The van der Waals surface area contributed by atoms with Crippen molar-refractivity contribution in [1.82, 2.24) is 4.90 Å². The van der Waals surface area contributed by atoms with E-state index in [1.165, 1.54) is 0 Å². The number of hydrogen-bond acceptors (Lipinski definition) is 3. The first-order chi connectivity index (χ1) is 9.63. The maximum Gasteiger partial charge on any atom is 0.260 e. The van der Waals surface area contributed by atoms with Crippen molar-refractivity contribution in [2.24, 2.45) is 5.73 Å². The number of nitrogens with zero attached hydrogens (tertiary/aromatic N) is 1. The fourth-order valence-corrected chi connectivity index (χ4v) is 2.82. The highest BCUT2D eigenvalue weighted by molar-refractivity contribution is 5.78. The highest BCUT2D eigenvalue weighted by Gasteiger charge is 2.25. The van der Waals surface area contributed by atoms with Crippen LogP contribution in [0, 0.1) is 13.8 Å². The number of aryl methyl sites for hydroxylation is 2. The molecule has 1 aromatic carbocycles. The lowest BCUT2D eigenvalue weighted by molar-refractivity contribution is -0.136. The van der Waals surface area contributed by atoms with Crippen molar-refractivity contribution >= 4 is 5.91 Å². The van der Waals surface area contributed by atoms with Crippen LogP contribution in [0.1, 0.15) is 30.4 Å². The molecule has 1 fully saturated rings. The van der Waals surface area contributed by atoms with Crippen LogP contribution >= 0.6 is 0 Å². The number of para-hydroxylation sites is 1. The molecule has 4 nitrogen and oxygen atoms in total. The molecule has 1 unspecified atom stereocenters. The van der Waals surface area contributed by atoms with Crippen molar-refractivity contribution in [3.63, 3.8) is 0 Å². The second-order valence-corrected chi connectivity index (χ2v) is 5.48. The molecule has 1 aliphatic heterocycles. The molecule has 0 spiro atoms. The lowest BCUT2D eigenvalue weighted by atomic mass is 10.0. The van der Waals surface area contributed by atoms with Gasteiger partial charge >= 0.3 is 0 Å². The monoisotopic (exact) mass is 276 g/mol. The summed E-state index contributed by atoms with van der Waals surface area (Å²) in [7, 11) is 0. The first kappa shape index (κ1) is 14.9. The van der Waals surface area contributed by atoms with E-state index >= 15 is 0 Å². The minimum absolute atomic E-state index is 0.0443. The largest absolute Gasteiger partial charge is 0.483 e. The summed E-state index contributed by atoms with van der Waals surface area (Å²) in [6, 6.07) is 6.17. The van der Waals surface area contributed by atoms with Crippen LogP contribution in [0.25, 0.3) is 0 Å². The maximum absolute atomic E-state index is 12.3. The van der Waals surface area contributed by atoms with Gasteiger partial charge in [0.25, 0.3) is 5.91 Å². The van der Waals surface area contributed by atoms with Crippen LogP contribution in [0.5, 0.6) is 5.75 Å². The molecule has 0 radical (unpaired) electrons. The summed E-state index contributed by atoms with van der Waals surface area (Å²) in [5.74, 6) is 0.866. The van der Waals surface area contributed by atoms with E-state index in [2.05, 4.69) is 0 Å². The summed E-state index contributed by atoms with van der Waals surface area (Å²) in [5, 5.41) is 0. The number of hydrogen-bond donors (Lipinski definition) is 1. The molecule has 2 N–H and O–H groups in total. The van der Waals surface area contributed by atoms with E-state index in [-0.39, 0.29) is 18.6 Å². The molecule has 1 amide bonds. The number of rotatable bonds is 4. The first-order valence-corrected chi connectivity index (χ1v) is 7.32. The Bertz CT molecular complexity index is 453. The molecule has 1 aromatic rings. The highest BCUT2D eigenvalue weighted by Crippen LogP contribution is 2.23. The Labute approximate surface area is 120 Å². The molecule has 0 aromatic heterocycles. The number of amides is 1. The Morgan fingerprint density at radius 1 is 1.35 bits per heavy atom. The number of carbonyl (C=O) groups is 1. The smallest absolute Gasteiger partial charge is 0.260 e. The van der Waals surface area contributed by atoms with Gasteiger partial charge < -0.3 is 15.4 Å². The molecule has 1 saturated heterocycles. The number of piperidine rings is 1. The number of nitrogens with two attached hydrogens (primary N) is 1. The van der Waals surface area contributed by atoms with E-state index in [1.807, 2.05) is 36.9 Å². The summed E-state index contributed by atoms with van der Waals surface area (Å²) in [6.07, 6.45) is 3.22. The quantitative estimate of drug-likeness (QED) is 0.915. The van der Waals surface area contributed by atoms with Crippen LogP contribution in [-0.4, -0.2) is 36.5 Å². The summed E-state index contributed by atoms with van der Waals surface area (Å²) < 4.78 is 5.74. The van der Waals surface area contributed by atoms with Crippen molar-refractivity contribution in [3.05, 3.63) is 29.3 Å². The normalized spacial score (nSPS) is 18.9. The molecular weight excluding hydrogens is 252 g/mol. The van der Waals surface area contributed by atoms with E-state index in [4.69, 9.17) is 10.5 Å². The molecule has 1 heterocycles. The Morgan fingerprint density at radius 3 is 2.70 bits per heavy atom. The molecule has 2 rings (SSSR count). The highest BCUT2D eigenvalue weighted by atomic mass is 16.5. The molecule has 0 aliphatic carbocycles. The van der Waals surface area contributed by atoms with Gasteiger partial charge in [0.1, 0.15) is 5.75 Å². The minimum Gasteiger partial charge on any atom is -0.483 e. The number of ether oxygens (including phenoxy) is 1. The lowest BCUT2D eigenvalue weighted by Gasteiger charge is -2.35. The molecule has 1 aliphatic rings. The fourth-order valence-electron chi connectivity index (χ4n) is 2.82. The fraction of sp³-hybridized carbons (Fsp3) is 0.562. The second kappa shape index (κ2) is 6.75. The lowest BCUT2D eigenvalue weighted by Crippen LogP contribution is -2.49. The third kappa shape index (κ3) is 3.31. The second-order valence-electron chi connectivity index (χ2n) is 5.48. The van der Waals surface area contributed by atoms with Crippen LogP contribution in [0.15, 0.2) is 18.2 Å². The third-order valence-electron chi connectivity index (χ3n) is 3.97. The zero-order chi connectivity index (χ0) is 14.5. The van der Waals surface area contributed by atoms with Crippen LogP contribution in [0.2, 0.25) is 0 Å². The van der Waals surface area contributed by atoms with Gasteiger partial charge in [-0.3, -0.25) is 4.79 Å². The van der Waals surface area contributed by atoms with Crippen LogP contribution in [-0.2, 0) is 4.79 Å². The Kier molecular flexibility index (Phi) is 5.01. The molecule has 1 atom stereocenters. The van der Waals surface area contributed by atoms with Crippen molar-refractivity contribution in [1.29, 1.82) is 0 Å². The SMILES string of the molecule is Cc1cccc(C)c1OCC(=O)N1CCCCC1CN. The van der Waals surface area contributed by atoms with Gasteiger partial charge in [-0.2, -0.15) is 0 Å². The van der Waals surface area contributed by atoms with Crippen molar-refractivity contribution in [3.8, 4) is 5.75 Å². The standard InChI is InChI=1S/C16H24N2O2/c1-12-6-5-7-13(2)16(12)20-11-15(19)18-9-4-3-8-14(18)10-17/h5-7,14H,3-4,8-11,17H2,1-2H3. The van der Waals surface area contributed by atoms with Gasteiger partial charge in [0.2, 0.25) is 0 Å². The third-order valence-corrected chi connectivity index (χ3v) is 3.97.